The number of hydrogen-bond donors (Lipinski definition) is 3. The summed E-state index contributed by atoms with van der Waals surface area (Å²) in [5.41, 5.74) is 2.61. The number of phenols is 2. The van der Waals surface area contributed by atoms with Gasteiger partial charge in [0, 0.05) is 12.0 Å². The second kappa shape index (κ2) is 13.1. The maximum absolute atomic E-state index is 13.4. The number of phenolic OH excluding ortho intramolecular Hbond substituents is 2. The molecule has 4 rings (SSSR count). The van der Waals surface area contributed by atoms with Gasteiger partial charge in [0.15, 0.2) is 28.8 Å². The molecule has 0 fully saturated rings. The van der Waals surface area contributed by atoms with Crippen molar-refractivity contribution >= 4 is 17.9 Å². The van der Waals surface area contributed by atoms with E-state index >= 15 is 0 Å². The first-order valence-electron chi connectivity index (χ1n) is 12.5. The molecule has 0 amide bonds. The van der Waals surface area contributed by atoms with Crippen LogP contribution in [0.4, 0.5) is 4.39 Å². The molecule has 41 heavy (non-hydrogen) atoms. The SMILES string of the molecule is COc1cc(/C=C/C(=O)/C(Cc2cnnn2Cc2ccc(F)cc2)=C(O)/C=C/c2ccc(O)c(OC)c2)ccc1O. The van der Waals surface area contributed by atoms with Crippen LogP contribution in [0.15, 0.2) is 90.3 Å². The van der Waals surface area contributed by atoms with E-state index in [1.54, 1.807) is 53.2 Å². The van der Waals surface area contributed by atoms with E-state index in [-0.39, 0.29) is 53.1 Å². The number of aromatic hydroxyl groups is 2. The van der Waals surface area contributed by atoms with E-state index in [1.165, 1.54) is 56.8 Å². The zero-order chi connectivity index (χ0) is 29.4. The maximum Gasteiger partial charge on any atom is 0.185 e. The summed E-state index contributed by atoms with van der Waals surface area (Å²) >= 11 is 0. The quantitative estimate of drug-likeness (QED) is 0.130. The lowest BCUT2D eigenvalue weighted by Crippen LogP contribution is -2.12. The molecule has 0 saturated heterocycles. The third-order valence-corrected chi connectivity index (χ3v) is 6.18. The van der Waals surface area contributed by atoms with Gasteiger partial charge >= 0.3 is 0 Å². The lowest BCUT2D eigenvalue weighted by Gasteiger charge is -2.10. The van der Waals surface area contributed by atoms with Crippen molar-refractivity contribution in [2.75, 3.05) is 14.2 Å². The van der Waals surface area contributed by atoms with Crippen molar-refractivity contribution < 1.29 is 34.0 Å². The number of carbonyl (C=O) groups is 1. The standard InChI is InChI=1S/C31H28FN3O6/c1-40-30-15-20(7-13-28(30)38)5-11-26(36)25(27(37)12-6-21-8-14-29(39)31(16-21)41-2)17-24-18-33-34-35(24)19-22-3-9-23(32)10-4-22/h3-16,18,36,38-39H,17,19H2,1-2H3/b11-5+,12-6+,26-25-. The Morgan fingerprint density at radius 3 is 2.07 bits per heavy atom. The molecule has 4 aromatic rings. The summed E-state index contributed by atoms with van der Waals surface area (Å²) in [6.45, 7) is 0.282. The number of aromatic nitrogens is 3. The normalized spacial score (nSPS) is 12.1. The van der Waals surface area contributed by atoms with Crippen molar-refractivity contribution in [1.82, 2.24) is 15.0 Å². The van der Waals surface area contributed by atoms with Gasteiger partial charge in [-0.25, -0.2) is 9.07 Å². The number of hydrogen-bond acceptors (Lipinski definition) is 8. The van der Waals surface area contributed by atoms with Crippen LogP contribution in [0.1, 0.15) is 22.4 Å². The average Bonchev–Trinajstić information content (AvgIpc) is 3.42. The molecule has 0 aliphatic rings. The molecule has 1 aromatic heterocycles. The molecule has 0 aliphatic carbocycles. The molecule has 0 spiro atoms. The molecule has 0 atom stereocenters. The molecule has 0 bridgehead atoms. The minimum atomic E-state index is -0.475. The van der Waals surface area contributed by atoms with E-state index in [4.69, 9.17) is 9.47 Å². The van der Waals surface area contributed by atoms with Crippen LogP contribution in [0, 0.1) is 5.82 Å². The Bertz CT molecular complexity index is 1620. The monoisotopic (exact) mass is 557 g/mol. The summed E-state index contributed by atoms with van der Waals surface area (Å²) in [6.07, 6.45) is 7.29. The molecule has 0 unspecified atom stereocenters. The van der Waals surface area contributed by atoms with Crippen LogP contribution in [0.3, 0.4) is 0 Å². The number of nitrogens with zero attached hydrogens (tertiary/aromatic N) is 3. The Hall–Kier alpha value is -5.38. The van der Waals surface area contributed by atoms with Crippen LogP contribution in [-0.4, -0.2) is 50.3 Å². The third kappa shape index (κ3) is 7.39. The number of aliphatic hydroxyl groups is 1. The zero-order valence-corrected chi connectivity index (χ0v) is 22.4. The first-order valence-corrected chi connectivity index (χ1v) is 12.5. The molecular formula is C31H28FN3O6. The average molecular weight is 558 g/mol. The maximum atomic E-state index is 13.4. The summed E-state index contributed by atoms with van der Waals surface area (Å²) in [6, 6.07) is 15.3. The highest BCUT2D eigenvalue weighted by atomic mass is 19.1. The van der Waals surface area contributed by atoms with Gasteiger partial charge in [0.1, 0.15) is 11.6 Å². The topological polar surface area (TPSA) is 127 Å². The van der Waals surface area contributed by atoms with E-state index in [1.807, 2.05) is 0 Å². The van der Waals surface area contributed by atoms with Gasteiger partial charge in [-0.3, -0.25) is 4.79 Å². The summed E-state index contributed by atoms with van der Waals surface area (Å²) in [5, 5.41) is 38.8. The summed E-state index contributed by atoms with van der Waals surface area (Å²) in [7, 11) is 2.85. The van der Waals surface area contributed by atoms with Crippen LogP contribution in [0.5, 0.6) is 23.0 Å². The fourth-order valence-electron chi connectivity index (χ4n) is 3.94. The predicted octanol–water partition coefficient (Wildman–Crippen LogP) is 5.24. The minimum absolute atomic E-state index is 0.00859. The molecule has 0 aliphatic heterocycles. The largest absolute Gasteiger partial charge is 0.508 e. The van der Waals surface area contributed by atoms with Crippen molar-refractivity contribution in [3.8, 4) is 23.0 Å². The molecule has 3 aromatic carbocycles. The van der Waals surface area contributed by atoms with Gasteiger partial charge in [0.05, 0.1) is 32.7 Å². The molecule has 3 N–H and O–H groups in total. The Labute approximate surface area is 235 Å². The lowest BCUT2D eigenvalue weighted by molar-refractivity contribution is -0.111. The van der Waals surface area contributed by atoms with Crippen molar-refractivity contribution in [3.63, 3.8) is 0 Å². The summed E-state index contributed by atoms with van der Waals surface area (Å²) in [5.74, 6) is -0.674. The number of carbonyl (C=O) groups excluding carboxylic acids is 1. The molecule has 0 radical (unpaired) electrons. The minimum Gasteiger partial charge on any atom is -0.508 e. The van der Waals surface area contributed by atoms with Gasteiger partial charge in [0.25, 0.3) is 0 Å². The first kappa shape index (κ1) is 28.6. The molecule has 9 nitrogen and oxygen atoms in total. The molecular weight excluding hydrogens is 529 g/mol. The van der Waals surface area contributed by atoms with Crippen LogP contribution >= 0.6 is 0 Å². The predicted molar refractivity (Wildman–Crippen MR) is 151 cm³/mol. The smallest absolute Gasteiger partial charge is 0.185 e. The molecule has 10 heteroatoms. The second-order valence-corrected chi connectivity index (χ2v) is 8.94. The highest BCUT2D eigenvalue weighted by Crippen LogP contribution is 2.28. The van der Waals surface area contributed by atoms with E-state index in [0.29, 0.717) is 16.8 Å². The van der Waals surface area contributed by atoms with E-state index in [2.05, 4.69) is 10.3 Å². The summed E-state index contributed by atoms with van der Waals surface area (Å²) < 4.78 is 25.2. The molecule has 1 heterocycles. The molecule has 210 valence electrons. The molecule has 0 saturated carbocycles. The van der Waals surface area contributed by atoms with Gasteiger partial charge in [-0.15, -0.1) is 5.10 Å². The number of rotatable bonds is 11. The van der Waals surface area contributed by atoms with Crippen LogP contribution < -0.4 is 9.47 Å². The van der Waals surface area contributed by atoms with E-state index in [9.17, 15) is 24.5 Å². The van der Waals surface area contributed by atoms with Gasteiger partial charge in [-0.2, -0.15) is 0 Å². The van der Waals surface area contributed by atoms with Gasteiger partial charge in [-0.1, -0.05) is 41.6 Å². The van der Waals surface area contributed by atoms with Crippen molar-refractivity contribution in [2.45, 2.75) is 13.0 Å². The van der Waals surface area contributed by atoms with Crippen molar-refractivity contribution in [2.24, 2.45) is 0 Å². The van der Waals surface area contributed by atoms with Gasteiger partial charge in [-0.05, 0) is 65.2 Å². The Balaban J connectivity index is 1.66. The highest BCUT2D eigenvalue weighted by molar-refractivity contribution is 6.07. The van der Waals surface area contributed by atoms with Crippen molar-refractivity contribution in [1.29, 1.82) is 0 Å². The van der Waals surface area contributed by atoms with E-state index < -0.39 is 5.78 Å². The van der Waals surface area contributed by atoms with Crippen molar-refractivity contribution in [3.05, 3.63) is 119 Å². The first-order chi connectivity index (χ1) is 19.8. The van der Waals surface area contributed by atoms with Gasteiger partial charge < -0.3 is 24.8 Å². The lowest BCUT2D eigenvalue weighted by atomic mass is 10.0. The third-order valence-electron chi connectivity index (χ3n) is 6.18. The van der Waals surface area contributed by atoms with Crippen LogP contribution in [0.25, 0.3) is 12.2 Å². The highest BCUT2D eigenvalue weighted by Gasteiger charge is 2.17. The van der Waals surface area contributed by atoms with Gasteiger partial charge in [0.2, 0.25) is 0 Å². The number of halogens is 1. The number of benzene rings is 3. The van der Waals surface area contributed by atoms with E-state index in [0.717, 1.165) is 5.56 Å². The Morgan fingerprint density at radius 2 is 1.49 bits per heavy atom. The number of ether oxygens (including phenoxy) is 2. The zero-order valence-electron chi connectivity index (χ0n) is 22.4. The fraction of sp³-hybridized carbons (Fsp3) is 0.129. The van der Waals surface area contributed by atoms with Crippen LogP contribution in [0.2, 0.25) is 0 Å². The fourth-order valence-corrected chi connectivity index (χ4v) is 3.94. The Kier molecular flexibility index (Phi) is 9.16. The number of methoxy groups -OCH3 is 2. The number of ketones is 1. The van der Waals surface area contributed by atoms with Crippen LogP contribution in [-0.2, 0) is 17.8 Å². The number of aliphatic hydroxyl groups excluding tert-OH is 1. The number of allylic oxidation sites excluding steroid dienone is 3. The second-order valence-electron chi connectivity index (χ2n) is 8.94. The summed E-state index contributed by atoms with van der Waals surface area (Å²) in [4.78, 5) is 13.4. The Morgan fingerprint density at radius 1 is 0.902 bits per heavy atom.